The van der Waals surface area contributed by atoms with Crippen LogP contribution in [-0.4, -0.2) is 49.2 Å². The lowest BCUT2D eigenvalue weighted by molar-refractivity contribution is -0.384. The van der Waals surface area contributed by atoms with Crippen molar-refractivity contribution in [1.82, 2.24) is 4.90 Å². The largest absolute Gasteiger partial charge is 0.492 e. The van der Waals surface area contributed by atoms with E-state index in [0.29, 0.717) is 25.4 Å². The van der Waals surface area contributed by atoms with Gasteiger partial charge in [0.2, 0.25) is 0 Å². The number of hydrogen-bond donors (Lipinski definition) is 0. The minimum Gasteiger partial charge on any atom is -0.492 e. The van der Waals surface area contributed by atoms with Crippen LogP contribution < -0.4 is 9.64 Å². The molecule has 0 aromatic heterocycles. The highest BCUT2D eigenvalue weighted by Gasteiger charge is 2.24. The van der Waals surface area contributed by atoms with E-state index in [1.54, 1.807) is 0 Å². The molecule has 0 aliphatic carbocycles. The summed E-state index contributed by atoms with van der Waals surface area (Å²) < 4.78 is 19.0. The smallest absolute Gasteiger partial charge is 0.295 e. The SMILES string of the molecule is O=[N+]([O-])c1cc(F)ccc1N1CCN(CCOc2ccccc2)CC1. The van der Waals surface area contributed by atoms with Crippen LogP contribution in [0, 0.1) is 15.9 Å². The number of hydrogen-bond acceptors (Lipinski definition) is 5. The summed E-state index contributed by atoms with van der Waals surface area (Å²) in [5.41, 5.74) is 0.299. The highest BCUT2D eigenvalue weighted by Crippen LogP contribution is 2.29. The van der Waals surface area contributed by atoms with E-state index in [4.69, 9.17) is 4.74 Å². The predicted octanol–water partition coefficient (Wildman–Crippen LogP) is 2.93. The van der Waals surface area contributed by atoms with E-state index >= 15 is 0 Å². The molecule has 1 heterocycles. The fourth-order valence-corrected chi connectivity index (χ4v) is 2.93. The van der Waals surface area contributed by atoms with Crippen molar-refractivity contribution in [3.8, 4) is 5.75 Å². The molecule has 3 rings (SSSR count). The lowest BCUT2D eigenvalue weighted by Crippen LogP contribution is -2.47. The number of nitro benzene ring substituents is 1. The minimum absolute atomic E-state index is 0.180. The minimum atomic E-state index is -0.591. The quantitative estimate of drug-likeness (QED) is 0.595. The number of halogens is 1. The van der Waals surface area contributed by atoms with Gasteiger partial charge in [-0.25, -0.2) is 4.39 Å². The van der Waals surface area contributed by atoms with E-state index in [-0.39, 0.29) is 5.69 Å². The van der Waals surface area contributed by atoms with Gasteiger partial charge >= 0.3 is 0 Å². The van der Waals surface area contributed by atoms with E-state index in [1.165, 1.54) is 12.1 Å². The van der Waals surface area contributed by atoms with Gasteiger partial charge in [0.1, 0.15) is 23.9 Å². The Hall–Kier alpha value is -2.67. The predicted molar refractivity (Wildman–Crippen MR) is 93.6 cm³/mol. The van der Waals surface area contributed by atoms with Crippen molar-refractivity contribution >= 4 is 11.4 Å². The second kappa shape index (κ2) is 7.94. The average Bonchev–Trinajstić information content (AvgIpc) is 2.63. The number of benzene rings is 2. The normalized spacial score (nSPS) is 15.2. The van der Waals surface area contributed by atoms with Crippen LogP contribution in [0.25, 0.3) is 0 Å². The topological polar surface area (TPSA) is 58.9 Å². The van der Waals surface area contributed by atoms with Crippen molar-refractivity contribution in [3.05, 3.63) is 64.5 Å². The van der Waals surface area contributed by atoms with Gasteiger partial charge in [0.25, 0.3) is 5.69 Å². The van der Waals surface area contributed by atoms with Gasteiger partial charge < -0.3 is 9.64 Å². The van der Waals surface area contributed by atoms with Crippen molar-refractivity contribution in [3.63, 3.8) is 0 Å². The maximum atomic E-state index is 13.3. The summed E-state index contributed by atoms with van der Waals surface area (Å²) in [4.78, 5) is 14.8. The van der Waals surface area contributed by atoms with Crippen LogP contribution in [0.5, 0.6) is 5.75 Å². The lowest BCUT2D eigenvalue weighted by atomic mass is 10.2. The van der Waals surface area contributed by atoms with E-state index in [0.717, 1.165) is 31.5 Å². The molecule has 0 amide bonds. The molecule has 0 saturated carbocycles. The van der Waals surface area contributed by atoms with Gasteiger partial charge in [0.15, 0.2) is 0 Å². The second-order valence-corrected chi connectivity index (χ2v) is 5.88. The van der Waals surface area contributed by atoms with Gasteiger partial charge in [0.05, 0.1) is 11.0 Å². The van der Waals surface area contributed by atoms with Crippen LogP contribution >= 0.6 is 0 Å². The van der Waals surface area contributed by atoms with Crippen LogP contribution in [0.15, 0.2) is 48.5 Å². The Morgan fingerprint density at radius 2 is 1.80 bits per heavy atom. The second-order valence-electron chi connectivity index (χ2n) is 5.88. The van der Waals surface area contributed by atoms with Crippen molar-refractivity contribution in [1.29, 1.82) is 0 Å². The molecule has 1 aliphatic rings. The molecule has 0 unspecified atom stereocenters. The first kappa shape index (κ1) is 17.2. The zero-order chi connectivity index (χ0) is 17.6. The fraction of sp³-hybridized carbons (Fsp3) is 0.333. The third kappa shape index (κ3) is 4.45. The van der Waals surface area contributed by atoms with Crippen LogP contribution in [0.2, 0.25) is 0 Å². The number of para-hydroxylation sites is 1. The Balaban J connectivity index is 1.51. The van der Waals surface area contributed by atoms with E-state index in [1.807, 2.05) is 35.2 Å². The molecule has 1 aliphatic heterocycles. The van der Waals surface area contributed by atoms with Crippen LogP contribution in [-0.2, 0) is 0 Å². The summed E-state index contributed by atoms with van der Waals surface area (Å²) in [6.45, 7) is 4.30. The van der Waals surface area contributed by atoms with Crippen LogP contribution in [0.3, 0.4) is 0 Å². The van der Waals surface area contributed by atoms with Gasteiger partial charge in [0, 0.05) is 32.7 Å². The molecule has 7 heteroatoms. The van der Waals surface area contributed by atoms with Crippen molar-refractivity contribution in [2.75, 3.05) is 44.2 Å². The van der Waals surface area contributed by atoms with Crippen molar-refractivity contribution in [2.24, 2.45) is 0 Å². The van der Waals surface area contributed by atoms with Gasteiger partial charge in [-0.3, -0.25) is 15.0 Å². The molecule has 1 saturated heterocycles. The highest BCUT2D eigenvalue weighted by atomic mass is 19.1. The molecule has 0 spiro atoms. The molecular weight excluding hydrogens is 325 g/mol. The van der Waals surface area contributed by atoms with Crippen molar-refractivity contribution < 1.29 is 14.1 Å². The summed E-state index contributed by atoms with van der Waals surface area (Å²) in [5.74, 6) is 0.259. The number of nitro groups is 1. The molecule has 1 fully saturated rings. The molecule has 132 valence electrons. The summed E-state index contributed by atoms with van der Waals surface area (Å²) >= 11 is 0. The molecule has 0 bridgehead atoms. The summed E-state index contributed by atoms with van der Waals surface area (Å²) in [7, 11) is 0. The third-order valence-corrected chi connectivity index (χ3v) is 4.27. The average molecular weight is 345 g/mol. The first-order chi connectivity index (χ1) is 12.1. The van der Waals surface area contributed by atoms with Gasteiger partial charge in [-0.2, -0.15) is 0 Å². The first-order valence-electron chi connectivity index (χ1n) is 8.22. The molecule has 0 atom stereocenters. The van der Waals surface area contributed by atoms with Crippen LogP contribution in [0.1, 0.15) is 0 Å². The van der Waals surface area contributed by atoms with Crippen molar-refractivity contribution in [2.45, 2.75) is 0 Å². The molecule has 25 heavy (non-hydrogen) atoms. The molecule has 2 aromatic carbocycles. The van der Waals surface area contributed by atoms with E-state index < -0.39 is 10.7 Å². The molecule has 2 aromatic rings. The summed E-state index contributed by atoms with van der Waals surface area (Å²) in [6, 6.07) is 13.4. The Morgan fingerprint density at radius 3 is 2.48 bits per heavy atom. The van der Waals surface area contributed by atoms with E-state index in [9.17, 15) is 14.5 Å². The zero-order valence-corrected chi connectivity index (χ0v) is 13.8. The molecular formula is C18H20FN3O3. The Kier molecular flexibility index (Phi) is 5.45. The lowest BCUT2D eigenvalue weighted by Gasteiger charge is -2.35. The molecule has 0 radical (unpaired) electrons. The van der Waals surface area contributed by atoms with Gasteiger partial charge in [-0.05, 0) is 24.3 Å². The Labute approximate surface area is 145 Å². The number of ether oxygens (including phenoxy) is 1. The maximum absolute atomic E-state index is 13.3. The first-order valence-corrected chi connectivity index (χ1v) is 8.22. The number of rotatable bonds is 6. The Morgan fingerprint density at radius 1 is 1.08 bits per heavy atom. The summed E-state index contributed by atoms with van der Waals surface area (Å²) in [5, 5.41) is 11.1. The standard InChI is InChI=1S/C18H20FN3O3/c19-15-6-7-17(18(14-15)22(23)24)21-10-8-20(9-11-21)12-13-25-16-4-2-1-3-5-16/h1-7,14H,8-13H2. The maximum Gasteiger partial charge on any atom is 0.295 e. The third-order valence-electron chi connectivity index (χ3n) is 4.27. The monoisotopic (exact) mass is 345 g/mol. The number of piperazine rings is 1. The number of anilines is 1. The molecule has 0 N–H and O–H groups in total. The zero-order valence-electron chi connectivity index (χ0n) is 13.8. The molecule has 6 nitrogen and oxygen atoms in total. The highest BCUT2D eigenvalue weighted by molar-refractivity contribution is 5.63. The van der Waals surface area contributed by atoms with Crippen LogP contribution in [0.4, 0.5) is 15.8 Å². The van der Waals surface area contributed by atoms with Gasteiger partial charge in [-0.1, -0.05) is 18.2 Å². The summed E-state index contributed by atoms with van der Waals surface area (Å²) in [6.07, 6.45) is 0. The fourth-order valence-electron chi connectivity index (χ4n) is 2.93. The Bertz CT molecular complexity index is 719. The van der Waals surface area contributed by atoms with Gasteiger partial charge in [-0.15, -0.1) is 0 Å². The number of nitrogens with zero attached hydrogens (tertiary/aromatic N) is 3. The van der Waals surface area contributed by atoms with E-state index in [2.05, 4.69) is 4.90 Å².